The van der Waals surface area contributed by atoms with Crippen molar-refractivity contribution in [2.24, 2.45) is 0 Å². The molecule has 83 heavy (non-hydrogen) atoms. The molecule has 6 nitrogen and oxygen atoms in total. The van der Waals surface area contributed by atoms with Crippen LogP contribution in [0, 0.1) is 0 Å². The maximum Gasteiger partial charge on any atom is 0.305 e. The van der Waals surface area contributed by atoms with Gasteiger partial charge in [0, 0.05) is 12.8 Å². The minimum absolute atomic E-state index is 0.0151. The van der Waals surface area contributed by atoms with E-state index in [0.29, 0.717) is 19.4 Å². The zero-order valence-electron chi connectivity index (χ0n) is 56.2. The highest BCUT2D eigenvalue weighted by Crippen LogP contribution is 2.19. The van der Waals surface area contributed by atoms with Crippen molar-refractivity contribution in [3.63, 3.8) is 0 Å². The summed E-state index contributed by atoms with van der Waals surface area (Å²) < 4.78 is 5.48. The first-order chi connectivity index (χ1) is 41.0. The summed E-state index contributed by atoms with van der Waals surface area (Å²) in [7, 11) is 0. The number of aliphatic hydroxyl groups is 2. The number of hydrogen-bond donors (Lipinski definition) is 3. The lowest BCUT2D eigenvalue weighted by molar-refractivity contribution is -0.143. The number of carbonyl (C=O) groups is 2. The number of nitrogens with one attached hydrogen (secondary N) is 1. The van der Waals surface area contributed by atoms with Gasteiger partial charge in [0.15, 0.2) is 0 Å². The largest absolute Gasteiger partial charge is 0.466 e. The first kappa shape index (κ1) is 81.1. The lowest BCUT2D eigenvalue weighted by atomic mass is 10.0. The summed E-state index contributed by atoms with van der Waals surface area (Å²) in [6, 6.07) is -0.628. The number of rotatable bonds is 71. The second-order valence-electron chi connectivity index (χ2n) is 26.0. The van der Waals surface area contributed by atoms with E-state index in [2.05, 4.69) is 43.5 Å². The number of hydrogen-bond acceptors (Lipinski definition) is 5. The van der Waals surface area contributed by atoms with E-state index in [0.717, 1.165) is 44.9 Å². The van der Waals surface area contributed by atoms with Gasteiger partial charge in [-0.25, -0.2) is 0 Å². The van der Waals surface area contributed by atoms with Crippen LogP contribution in [0.5, 0.6) is 0 Å². The molecule has 0 fully saturated rings. The maximum absolute atomic E-state index is 12.5. The van der Waals surface area contributed by atoms with Gasteiger partial charge in [-0.3, -0.25) is 9.59 Å². The molecule has 2 atom stereocenters. The average Bonchev–Trinajstić information content (AvgIpc) is 3.49. The van der Waals surface area contributed by atoms with E-state index in [1.165, 1.54) is 347 Å². The van der Waals surface area contributed by atoms with Gasteiger partial charge in [0.2, 0.25) is 5.91 Å². The molecule has 0 aromatic rings. The zero-order valence-corrected chi connectivity index (χ0v) is 56.2. The van der Waals surface area contributed by atoms with Crippen LogP contribution in [-0.4, -0.2) is 47.4 Å². The Labute approximate surface area is 519 Å². The fourth-order valence-corrected chi connectivity index (χ4v) is 11.9. The maximum atomic E-state index is 12.5. The summed E-state index contributed by atoms with van der Waals surface area (Å²) >= 11 is 0. The Morgan fingerprint density at radius 1 is 0.337 bits per heavy atom. The van der Waals surface area contributed by atoms with Crippen LogP contribution in [0.25, 0.3) is 0 Å². The quantitative estimate of drug-likeness (QED) is 0.0320. The number of unbranched alkanes of at least 4 members (excludes halogenated alkanes) is 56. The topological polar surface area (TPSA) is 95.9 Å². The Balaban J connectivity index is 3.40. The van der Waals surface area contributed by atoms with Gasteiger partial charge >= 0.3 is 5.97 Å². The van der Waals surface area contributed by atoms with E-state index >= 15 is 0 Å². The molecule has 6 heteroatoms. The van der Waals surface area contributed by atoms with Crippen LogP contribution in [0.2, 0.25) is 0 Å². The summed E-state index contributed by atoms with van der Waals surface area (Å²) in [4.78, 5) is 24.6. The predicted molar refractivity (Wildman–Crippen MR) is 366 cm³/mol. The van der Waals surface area contributed by atoms with Crippen LogP contribution in [0.3, 0.4) is 0 Å². The molecule has 0 rings (SSSR count). The summed E-state index contributed by atoms with van der Waals surface area (Å²) in [5, 5.41) is 23.3. The number of carbonyl (C=O) groups excluding carboxylic acids is 2. The Kier molecular flexibility index (Phi) is 70.9. The SMILES string of the molecule is CCCCCCCCCCCCCCCCCCCCC/C=C/C(O)C(CO)NC(=O)CCCCCCCCCCCCCCCCCCC/C=C\C/C=C\CCCCCCCCCCCOC(=O)CCCCCCCCCCCCCC. The number of ether oxygens (including phenoxy) is 1. The third-order valence-electron chi connectivity index (χ3n) is 17.7. The molecule has 490 valence electrons. The first-order valence-electron chi connectivity index (χ1n) is 37.8. The molecule has 0 aromatic heterocycles. The molecular formula is C77H147NO5. The molecule has 0 aliphatic rings. The van der Waals surface area contributed by atoms with E-state index in [9.17, 15) is 19.8 Å². The van der Waals surface area contributed by atoms with E-state index < -0.39 is 12.1 Å². The zero-order chi connectivity index (χ0) is 59.9. The molecule has 0 radical (unpaired) electrons. The highest BCUT2D eigenvalue weighted by Gasteiger charge is 2.18. The average molecular weight is 1170 g/mol. The molecule has 0 aliphatic carbocycles. The fraction of sp³-hybridized carbons (Fsp3) is 0.896. The second kappa shape index (κ2) is 72.6. The van der Waals surface area contributed by atoms with E-state index in [4.69, 9.17) is 4.74 Å². The van der Waals surface area contributed by atoms with Gasteiger partial charge in [-0.2, -0.15) is 0 Å². The second-order valence-corrected chi connectivity index (χ2v) is 26.0. The first-order valence-corrected chi connectivity index (χ1v) is 37.8. The van der Waals surface area contributed by atoms with Gasteiger partial charge in [-0.15, -0.1) is 0 Å². The van der Waals surface area contributed by atoms with E-state index in [-0.39, 0.29) is 18.5 Å². The lowest BCUT2D eigenvalue weighted by Gasteiger charge is -2.20. The lowest BCUT2D eigenvalue weighted by Crippen LogP contribution is -2.45. The highest BCUT2D eigenvalue weighted by molar-refractivity contribution is 5.76. The van der Waals surface area contributed by atoms with Crippen molar-refractivity contribution >= 4 is 11.9 Å². The summed E-state index contributed by atoms with van der Waals surface area (Å²) in [5.41, 5.74) is 0. The van der Waals surface area contributed by atoms with Crippen LogP contribution in [-0.2, 0) is 14.3 Å². The van der Waals surface area contributed by atoms with Gasteiger partial charge < -0.3 is 20.3 Å². The number of esters is 1. The predicted octanol–water partition coefficient (Wildman–Crippen LogP) is 24.7. The number of amides is 1. The molecule has 0 spiro atoms. The van der Waals surface area contributed by atoms with Crippen molar-refractivity contribution < 1.29 is 24.5 Å². The van der Waals surface area contributed by atoms with Gasteiger partial charge in [-0.05, 0) is 64.2 Å². The van der Waals surface area contributed by atoms with Crippen molar-refractivity contribution in [3.8, 4) is 0 Å². The molecular weight excluding hydrogens is 1020 g/mol. The molecule has 0 heterocycles. The van der Waals surface area contributed by atoms with Crippen molar-refractivity contribution in [2.45, 2.75) is 431 Å². The minimum Gasteiger partial charge on any atom is -0.466 e. The fourth-order valence-electron chi connectivity index (χ4n) is 11.9. The Morgan fingerprint density at radius 2 is 0.602 bits per heavy atom. The van der Waals surface area contributed by atoms with Crippen LogP contribution in [0.15, 0.2) is 36.5 Å². The van der Waals surface area contributed by atoms with Gasteiger partial charge in [0.05, 0.1) is 25.4 Å². The van der Waals surface area contributed by atoms with Crippen molar-refractivity contribution in [1.82, 2.24) is 5.32 Å². The number of allylic oxidation sites excluding steroid dienone is 5. The highest BCUT2D eigenvalue weighted by atomic mass is 16.5. The van der Waals surface area contributed by atoms with Crippen LogP contribution < -0.4 is 5.32 Å². The third-order valence-corrected chi connectivity index (χ3v) is 17.7. The summed E-state index contributed by atoms with van der Waals surface area (Å²) in [6.45, 7) is 4.94. The van der Waals surface area contributed by atoms with E-state index in [1.54, 1.807) is 6.08 Å². The Bertz CT molecular complexity index is 1340. The third kappa shape index (κ3) is 69.1. The Hall–Kier alpha value is -1.92. The van der Waals surface area contributed by atoms with Crippen molar-refractivity contribution in [3.05, 3.63) is 36.5 Å². The molecule has 0 aliphatic heterocycles. The summed E-state index contributed by atoms with van der Waals surface area (Å²) in [6.07, 6.45) is 93.9. The molecule has 0 aromatic carbocycles. The van der Waals surface area contributed by atoms with Gasteiger partial charge in [0.25, 0.3) is 0 Å². The molecule has 0 saturated carbocycles. The molecule has 0 saturated heterocycles. The Morgan fingerprint density at radius 3 is 0.916 bits per heavy atom. The van der Waals surface area contributed by atoms with Gasteiger partial charge in [-0.1, -0.05) is 378 Å². The van der Waals surface area contributed by atoms with Gasteiger partial charge in [0.1, 0.15) is 0 Å². The standard InChI is InChI=1S/C77H147NO5/c1-3-5-7-9-11-13-15-17-18-19-20-34-37-40-43-46-49-53-57-61-65-69-75(80)74(73-79)78-76(81)70-66-62-58-54-50-47-44-41-38-35-32-30-28-26-24-22-21-23-25-27-29-31-33-36-39-42-45-48-52-56-60-64-68-72-83-77(82)71-67-63-59-55-51-16-14-12-10-8-6-4-2/h25,27,31,33,65,69,74-75,79-80H,3-24,26,28-30,32,34-64,66-68,70-73H2,1-2H3,(H,78,81)/b27-25-,33-31-,69-65+. The molecule has 1 amide bonds. The van der Waals surface area contributed by atoms with Crippen LogP contribution in [0.4, 0.5) is 0 Å². The van der Waals surface area contributed by atoms with Crippen LogP contribution >= 0.6 is 0 Å². The normalized spacial score (nSPS) is 12.7. The molecule has 3 N–H and O–H groups in total. The molecule has 0 bridgehead atoms. The van der Waals surface area contributed by atoms with Crippen molar-refractivity contribution in [1.29, 1.82) is 0 Å². The smallest absolute Gasteiger partial charge is 0.305 e. The van der Waals surface area contributed by atoms with Crippen molar-refractivity contribution in [2.75, 3.05) is 13.2 Å². The van der Waals surface area contributed by atoms with Crippen LogP contribution in [0.1, 0.15) is 418 Å². The number of aliphatic hydroxyl groups excluding tert-OH is 2. The molecule has 2 unspecified atom stereocenters. The monoisotopic (exact) mass is 1170 g/mol. The summed E-state index contributed by atoms with van der Waals surface area (Å²) in [5.74, 6) is -0.0468. The minimum atomic E-state index is -0.844. The van der Waals surface area contributed by atoms with E-state index in [1.807, 2.05) is 6.08 Å².